The minimum absolute atomic E-state index is 0.122. The zero-order valence-electron chi connectivity index (χ0n) is 19.3. The monoisotopic (exact) mass is 454 g/mol. The first-order valence-electron chi connectivity index (χ1n) is 11.0. The van der Waals surface area contributed by atoms with Gasteiger partial charge in [0.15, 0.2) is 5.76 Å². The van der Waals surface area contributed by atoms with Crippen LogP contribution in [0.25, 0.3) is 6.08 Å². The lowest BCUT2D eigenvalue weighted by Gasteiger charge is -2.34. The van der Waals surface area contributed by atoms with Crippen molar-refractivity contribution >= 4 is 11.9 Å². The number of hydrogen-bond donors (Lipinski definition) is 2. The number of hydrogen-bond acceptors (Lipinski definition) is 8. The van der Waals surface area contributed by atoms with Crippen molar-refractivity contribution in [1.29, 1.82) is 0 Å². The van der Waals surface area contributed by atoms with Crippen molar-refractivity contribution in [2.24, 2.45) is 0 Å². The van der Waals surface area contributed by atoms with Gasteiger partial charge in [-0.1, -0.05) is 0 Å². The van der Waals surface area contributed by atoms with Crippen LogP contribution < -0.4 is 14.2 Å². The van der Waals surface area contributed by atoms with E-state index in [1.807, 2.05) is 0 Å². The highest BCUT2D eigenvalue weighted by molar-refractivity contribution is 6.16. The number of allylic oxidation sites excluding steroid dienone is 1. The molecule has 0 aliphatic carbocycles. The third-order valence-electron chi connectivity index (χ3n) is 6.21. The Labute approximate surface area is 193 Å². The highest BCUT2D eigenvalue weighted by atomic mass is 16.5. The summed E-state index contributed by atoms with van der Waals surface area (Å²) in [4.78, 5) is 17.7. The number of ether oxygens (including phenoxy) is 3. The van der Waals surface area contributed by atoms with Crippen molar-refractivity contribution in [3.63, 3.8) is 0 Å². The van der Waals surface area contributed by atoms with Crippen LogP contribution in [0.5, 0.6) is 23.0 Å². The third kappa shape index (κ3) is 4.68. The number of nitrogens with zero attached hydrogens (tertiary/aromatic N) is 2. The van der Waals surface area contributed by atoms with Gasteiger partial charge in [0.25, 0.3) is 0 Å². The fourth-order valence-electron chi connectivity index (χ4n) is 4.36. The van der Waals surface area contributed by atoms with E-state index in [0.29, 0.717) is 52.6 Å². The van der Waals surface area contributed by atoms with Gasteiger partial charge in [-0.15, -0.1) is 0 Å². The van der Waals surface area contributed by atoms with Crippen molar-refractivity contribution < 1.29 is 29.2 Å². The number of β-amino-alcohol motifs (C(OH)–C–C–N with tert-alkyl or cyclic N) is 1. The number of methoxy groups -OCH3 is 2. The second-order valence-electron chi connectivity index (χ2n) is 8.28. The van der Waals surface area contributed by atoms with Gasteiger partial charge in [0.1, 0.15) is 23.0 Å². The van der Waals surface area contributed by atoms with E-state index < -0.39 is 0 Å². The van der Waals surface area contributed by atoms with Gasteiger partial charge < -0.3 is 24.4 Å². The Balaban J connectivity index is 1.63. The molecule has 0 saturated carbocycles. The van der Waals surface area contributed by atoms with Gasteiger partial charge in [0.2, 0.25) is 5.78 Å². The summed E-state index contributed by atoms with van der Waals surface area (Å²) in [6.45, 7) is 6.38. The molecule has 2 aliphatic heterocycles. The topological polar surface area (TPSA) is 91.7 Å². The molecule has 1 fully saturated rings. The molecule has 176 valence electrons. The molecular weight excluding hydrogens is 424 g/mol. The van der Waals surface area contributed by atoms with E-state index in [2.05, 4.69) is 9.80 Å². The van der Waals surface area contributed by atoms with E-state index in [-0.39, 0.29) is 23.9 Å². The molecule has 0 aromatic heterocycles. The first-order valence-corrected chi connectivity index (χ1v) is 11.0. The summed E-state index contributed by atoms with van der Waals surface area (Å²) in [5, 5.41) is 19.9. The predicted molar refractivity (Wildman–Crippen MR) is 124 cm³/mol. The van der Waals surface area contributed by atoms with Crippen LogP contribution in [-0.2, 0) is 6.54 Å². The number of aromatic hydroxyl groups is 1. The average molecular weight is 455 g/mol. The van der Waals surface area contributed by atoms with Crippen LogP contribution in [0.15, 0.2) is 30.0 Å². The smallest absolute Gasteiger partial charge is 0.232 e. The number of phenols is 1. The fraction of sp³-hybridized carbons (Fsp3) is 0.400. The second kappa shape index (κ2) is 9.82. The zero-order valence-corrected chi connectivity index (χ0v) is 19.3. The lowest BCUT2D eigenvalue weighted by Crippen LogP contribution is -2.46. The largest absolute Gasteiger partial charge is 0.507 e. The summed E-state index contributed by atoms with van der Waals surface area (Å²) in [6.07, 6.45) is 1.65. The minimum Gasteiger partial charge on any atom is -0.507 e. The number of phenolic OH excluding ortho intramolecular Hbond substituents is 1. The maximum absolute atomic E-state index is 13.3. The van der Waals surface area contributed by atoms with E-state index in [4.69, 9.17) is 19.3 Å². The number of carbonyl (C=O) groups is 1. The maximum Gasteiger partial charge on any atom is 0.232 e. The van der Waals surface area contributed by atoms with E-state index in [0.717, 1.165) is 26.2 Å². The van der Waals surface area contributed by atoms with Crippen LogP contribution in [0, 0.1) is 6.92 Å². The molecular formula is C25H30N2O6. The minimum atomic E-state index is -0.221. The van der Waals surface area contributed by atoms with Crippen molar-refractivity contribution in [2.45, 2.75) is 13.5 Å². The first-order chi connectivity index (χ1) is 15.9. The first kappa shape index (κ1) is 23.1. The van der Waals surface area contributed by atoms with Crippen LogP contribution in [0.3, 0.4) is 0 Å². The standard InChI is InChI=1S/C25H30N2O6/c1-16-12-20(29)19(15-27-8-6-26(7-9-27)10-11-28)25-23(16)24(30)22(33-25)14-17-13-18(31-2)4-5-21(17)32-3/h4-5,12-14,28-29H,6-11,15H2,1-3H3/b22-14-. The molecule has 8 nitrogen and oxygen atoms in total. The lowest BCUT2D eigenvalue weighted by molar-refractivity contribution is 0.101. The number of ketones is 1. The molecule has 0 bridgehead atoms. The number of Topliss-reactive ketones (excluding diaryl/α,β-unsaturated/α-hetero) is 1. The molecule has 2 aromatic carbocycles. The third-order valence-corrected chi connectivity index (χ3v) is 6.21. The van der Waals surface area contributed by atoms with Gasteiger partial charge in [-0.3, -0.25) is 14.6 Å². The normalized spacial score (nSPS) is 17.8. The predicted octanol–water partition coefficient (Wildman–Crippen LogP) is 2.44. The molecule has 0 spiro atoms. The number of rotatable bonds is 7. The molecule has 1 saturated heterocycles. The highest BCUT2D eigenvalue weighted by Crippen LogP contribution is 2.43. The van der Waals surface area contributed by atoms with Crippen molar-refractivity contribution in [2.75, 3.05) is 53.6 Å². The molecule has 2 N–H and O–H groups in total. The van der Waals surface area contributed by atoms with E-state index in [1.165, 1.54) is 0 Å². The van der Waals surface area contributed by atoms with Crippen LogP contribution in [0.1, 0.15) is 27.0 Å². The number of aryl methyl sites for hydroxylation is 1. The lowest BCUT2D eigenvalue weighted by atomic mass is 9.99. The van der Waals surface area contributed by atoms with Gasteiger partial charge in [-0.25, -0.2) is 0 Å². The quantitative estimate of drug-likeness (QED) is 0.617. The highest BCUT2D eigenvalue weighted by Gasteiger charge is 2.34. The zero-order chi connectivity index (χ0) is 23.5. The van der Waals surface area contributed by atoms with Gasteiger partial charge in [0, 0.05) is 44.8 Å². The fourth-order valence-corrected chi connectivity index (χ4v) is 4.36. The van der Waals surface area contributed by atoms with Crippen molar-refractivity contribution in [1.82, 2.24) is 9.80 Å². The molecule has 8 heteroatoms. The Morgan fingerprint density at radius 2 is 1.82 bits per heavy atom. The van der Waals surface area contributed by atoms with Gasteiger partial charge in [-0.05, 0) is 42.8 Å². The Morgan fingerprint density at radius 1 is 1.09 bits per heavy atom. The number of aliphatic hydroxyl groups excluding tert-OH is 1. The summed E-state index contributed by atoms with van der Waals surface area (Å²) in [7, 11) is 3.14. The van der Waals surface area contributed by atoms with Gasteiger partial charge in [-0.2, -0.15) is 0 Å². The molecule has 0 atom stereocenters. The van der Waals surface area contributed by atoms with Crippen molar-refractivity contribution in [3.8, 4) is 23.0 Å². The number of fused-ring (bicyclic) bond motifs is 1. The Hall–Kier alpha value is -3.07. The molecule has 2 heterocycles. The molecule has 2 aromatic rings. The molecule has 0 radical (unpaired) electrons. The number of piperazine rings is 1. The summed E-state index contributed by atoms with van der Waals surface area (Å²) in [5.41, 5.74) is 2.43. The summed E-state index contributed by atoms with van der Waals surface area (Å²) in [6, 6.07) is 6.97. The summed E-state index contributed by atoms with van der Waals surface area (Å²) < 4.78 is 16.8. The van der Waals surface area contributed by atoms with Gasteiger partial charge in [0.05, 0.1) is 32.0 Å². The van der Waals surface area contributed by atoms with E-state index in [9.17, 15) is 9.90 Å². The van der Waals surface area contributed by atoms with Crippen LogP contribution >= 0.6 is 0 Å². The van der Waals surface area contributed by atoms with Crippen molar-refractivity contribution in [3.05, 3.63) is 52.3 Å². The molecule has 4 rings (SSSR count). The van der Waals surface area contributed by atoms with Crippen LogP contribution in [-0.4, -0.2) is 79.3 Å². The molecule has 2 aliphatic rings. The van der Waals surface area contributed by atoms with E-state index in [1.54, 1.807) is 51.5 Å². The SMILES string of the molecule is COc1ccc(OC)c(/C=C2\Oc3c(CN4CCN(CCO)CC4)c(O)cc(C)c3C2=O)c1. The summed E-state index contributed by atoms with van der Waals surface area (Å²) >= 11 is 0. The average Bonchev–Trinajstić information content (AvgIpc) is 3.14. The van der Waals surface area contributed by atoms with Crippen LogP contribution in [0.4, 0.5) is 0 Å². The molecule has 33 heavy (non-hydrogen) atoms. The Bertz CT molecular complexity index is 1070. The second-order valence-corrected chi connectivity index (χ2v) is 8.28. The van der Waals surface area contributed by atoms with Crippen LogP contribution in [0.2, 0.25) is 0 Å². The van der Waals surface area contributed by atoms with Gasteiger partial charge >= 0.3 is 0 Å². The summed E-state index contributed by atoms with van der Waals surface area (Å²) in [5.74, 6) is 1.73. The molecule has 0 unspecified atom stereocenters. The molecule has 0 amide bonds. The number of carbonyl (C=O) groups excluding carboxylic acids is 1. The number of benzene rings is 2. The Morgan fingerprint density at radius 3 is 2.48 bits per heavy atom. The van der Waals surface area contributed by atoms with E-state index >= 15 is 0 Å². The Kier molecular flexibility index (Phi) is 6.88. The maximum atomic E-state index is 13.3. The number of aliphatic hydroxyl groups is 1.